The van der Waals surface area contributed by atoms with Crippen molar-refractivity contribution < 1.29 is 28.6 Å². The Kier molecular flexibility index (Phi) is 6.95. The van der Waals surface area contributed by atoms with Crippen LogP contribution in [-0.4, -0.2) is 36.2 Å². The van der Waals surface area contributed by atoms with Crippen molar-refractivity contribution in [3.63, 3.8) is 0 Å². The first-order valence-electron chi connectivity index (χ1n) is 7.88. The van der Waals surface area contributed by atoms with Crippen molar-refractivity contribution in [1.29, 1.82) is 0 Å². The van der Waals surface area contributed by atoms with Crippen molar-refractivity contribution in [2.75, 3.05) is 0 Å². The molecule has 132 valence electrons. The molecule has 0 N–H and O–H groups in total. The second-order valence-electron chi connectivity index (χ2n) is 6.16. The highest BCUT2D eigenvalue weighted by atomic mass is 16.6. The molecule has 0 radical (unpaired) electrons. The zero-order valence-corrected chi connectivity index (χ0v) is 14.9. The van der Waals surface area contributed by atoms with Crippen LogP contribution in [0.25, 0.3) is 0 Å². The number of hydrogen-bond acceptors (Lipinski definition) is 6. The van der Waals surface area contributed by atoms with Crippen molar-refractivity contribution in [2.45, 2.75) is 59.9 Å². The molecule has 0 aliphatic carbocycles. The van der Waals surface area contributed by atoms with Crippen LogP contribution in [0.3, 0.4) is 0 Å². The van der Waals surface area contributed by atoms with Gasteiger partial charge in [0.25, 0.3) is 0 Å². The average molecular weight is 336 g/mol. The van der Waals surface area contributed by atoms with Gasteiger partial charge in [-0.25, -0.2) is 14.4 Å². The van der Waals surface area contributed by atoms with Crippen molar-refractivity contribution >= 4 is 17.9 Å². The molecule has 0 aromatic heterocycles. The number of ether oxygens (including phenoxy) is 3. The number of benzene rings is 1. The van der Waals surface area contributed by atoms with Crippen LogP contribution in [0.4, 0.5) is 0 Å². The minimum absolute atomic E-state index is 0.0950. The van der Waals surface area contributed by atoms with Gasteiger partial charge in [0.2, 0.25) is 0 Å². The highest BCUT2D eigenvalue weighted by Crippen LogP contribution is 2.16. The fourth-order valence-electron chi connectivity index (χ4n) is 1.83. The summed E-state index contributed by atoms with van der Waals surface area (Å²) in [4.78, 5) is 36.4. The van der Waals surface area contributed by atoms with Gasteiger partial charge in [-0.15, -0.1) is 0 Å². The van der Waals surface area contributed by atoms with Gasteiger partial charge in [0, 0.05) is 0 Å². The predicted molar refractivity (Wildman–Crippen MR) is 88.1 cm³/mol. The lowest BCUT2D eigenvalue weighted by Crippen LogP contribution is -2.18. The Balaban J connectivity index is 3.25. The number of rotatable bonds is 6. The molecule has 1 aromatic carbocycles. The summed E-state index contributed by atoms with van der Waals surface area (Å²) in [6.07, 6.45) is -0.973. The Morgan fingerprint density at radius 2 is 0.792 bits per heavy atom. The summed E-state index contributed by atoms with van der Waals surface area (Å²) in [5, 5.41) is 0. The minimum Gasteiger partial charge on any atom is -0.459 e. The van der Waals surface area contributed by atoms with E-state index in [-0.39, 0.29) is 35.0 Å². The fourth-order valence-corrected chi connectivity index (χ4v) is 1.83. The molecule has 0 fully saturated rings. The molecule has 6 nitrogen and oxygen atoms in total. The molecular weight excluding hydrogens is 312 g/mol. The lowest BCUT2D eigenvalue weighted by atomic mass is 10.1. The molecule has 0 atom stereocenters. The number of esters is 3. The van der Waals surface area contributed by atoms with Crippen LogP contribution in [0.15, 0.2) is 18.2 Å². The quantitative estimate of drug-likeness (QED) is 0.585. The first-order valence-corrected chi connectivity index (χ1v) is 7.88. The molecule has 0 saturated carbocycles. The Bertz CT molecular complexity index is 518. The van der Waals surface area contributed by atoms with Crippen LogP contribution in [0.1, 0.15) is 72.6 Å². The fraction of sp³-hybridized carbons (Fsp3) is 0.500. The molecule has 0 unspecified atom stereocenters. The Labute approximate surface area is 142 Å². The predicted octanol–water partition coefficient (Wildman–Crippen LogP) is 3.38. The summed E-state index contributed by atoms with van der Waals surface area (Å²) in [6.45, 7) is 10.3. The van der Waals surface area contributed by atoms with E-state index in [0.29, 0.717) is 0 Å². The van der Waals surface area contributed by atoms with Crippen molar-refractivity contribution in [3.05, 3.63) is 34.9 Å². The maximum absolute atomic E-state index is 12.1. The van der Waals surface area contributed by atoms with Crippen molar-refractivity contribution in [2.24, 2.45) is 0 Å². The third-order valence-corrected chi connectivity index (χ3v) is 2.67. The average Bonchev–Trinajstić information content (AvgIpc) is 2.44. The Hall–Kier alpha value is -2.37. The van der Waals surface area contributed by atoms with Crippen LogP contribution in [-0.2, 0) is 14.2 Å². The van der Waals surface area contributed by atoms with Crippen LogP contribution < -0.4 is 0 Å². The van der Waals surface area contributed by atoms with Gasteiger partial charge >= 0.3 is 17.9 Å². The molecule has 0 saturated heterocycles. The molecule has 1 rings (SSSR count). The standard InChI is InChI=1S/C18H24O6/c1-10(2)22-16(19)13-7-14(17(20)23-11(3)4)9-15(8-13)18(21)24-12(5)6/h7-12H,1-6H3. The smallest absolute Gasteiger partial charge is 0.338 e. The van der Waals surface area contributed by atoms with Gasteiger partial charge in [-0.2, -0.15) is 0 Å². The maximum atomic E-state index is 12.1. The number of hydrogen-bond donors (Lipinski definition) is 0. The summed E-state index contributed by atoms with van der Waals surface area (Å²) < 4.78 is 15.4. The van der Waals surface area contributed by atoms with Crippen LogP contribution in [0, 0.1) is 0 Å². The van der Waals surface area contributed by atoms with E-state index in [9.17, 15) is 14.4 Å². The van der Waals surface area contributed by atoms with Gasteiger partial charge in [0.15, 0.2) is 0 Å². The second kappa shape index (κ2) is 8.47. The first kappa shape index (κ1) is 19.7. The number of carbonyl (C=O) groups excluding carboxylic acids is 3. The summed E-state index contributed by atoms with van der Waals surface area (Å²) >= 11 is 0. The third-order valence-electron chi connectivity index (χ3n) is 2.67. The summed E-state index contributed by atoms with van der Waals surface area (Å²) in [7, 11) is 0. The van der Waals surface area contributed by atoms with Crippen LogP contribution in [0.2, 0.25) is 0 Å². The van der Waals surface area contributed by atoms with Gasteiger partial charge in [0.1, 0.15) is 0 Å². The van der Waals surface area contributed by atoms with Gasteiger partial charge in [-0.05, 0) is 59.7 Å². The monoisotopic (exact) mass is 336 g/mol. The topological polar surface area (TPSA) is 78.9 Å². The highest BCUT2D eigenvalue weighted by molar-refractivity contribution is 6.00. The van der Waals surface area contributed by atoms with E-state index in [0.717, 1.165) is 0 Å². The Morgan fingerprint density at radius 1 is 0.583 bits per heavy atom. The maximum Gasteiger partial charge on any atom is 0.338 e. The molecule has 0 aliphatic heterocycles. The molecule has 24 heavy (non-hydrogen) atoms. The lowest BCUT2D eigenvalue weighted by Gasteiger charge is -2.13. The second-order valence-corrected chi connectivity index (χ2v) is 6.16. The summed E-state index contributed by atoms with van der Waals surface area (Å²) in [5.41, 5.74) is 0.285. The number of carbonyl (C=O) groups is 3. The van der Waals surface area contributed by atoms with E-state index in [1.165, 1.54) is 18.2 Å². The first-order chi connectivity index (χ1) is 11.1. The van der Waals surface area contributed by atoms with E-state index in [1.807, 2.05) is 0 Å². The van der Waals surface area contributed by atoms with Crippen molar-refractivity contribution in [3.8, 4) is 0 Å². The zero-order valence-electron chi connectivity index (χ0n) is 14.9. The SMILES string of the molecule is CC(C)OC(=O)c1cc(C(=O)OC(C)C)cc(C(=O)OC(C)C)c1. The molecule has 0 aliphatic rings. The molecule has 1 aromatic rings. The minimum atomic E-state index is -0.622. The molecule has 0 amide bonds. The van der Waals surface area contributed by atoms with Gasteiger partial charge in [0.05, 0.1) is 35.0 Å². The molecule has 0 heterocycles. The van der Waals surface area contributed by atoms with Gasteiger partial charge in [-0.1, -0.05) is 0 Å². The van der Waals surface area contributed by atoms with Gasteiger partial charge in [-0.3, -0.25) is 0 Å². The van der Waals surface area contributed by atoms with Crippen LogP contribution >= 0.6 is 0 Å². The molecule has 6 heteroatoms. The van der Waals surface area contributed by atoms with Gasteiger partial charge < -0.3 is 14.2 Å². The van der Waals surface area contributed by atoms with Crippen LogP contribution in [0.5, 0.6) is 0 Å². The Morgan fingerprint density at radius 3 is 0.958 bits per heavy atom. The lowest BCUT2D eigenvalue weighted by molar-refractivity contribution is 0.0377. The van der Waals surface area contributed by atoms with E-state index >= 15 is 0 Å². The summed E-state index contributed by atoms with van der Waals surface area (Å²) in [6, 6.07) is 4.05. The molecule has 0 spiro atoms. The summed E-state index contributed by atoms with van der Waals surface area (Å²) in [5.74, 6) is -1.87. The van der Waals surface area contributed by atoms with E-state index < -0.39 is 17.9 Å². The van der Waals surface area contributed by atoms with E-state index in [4.69, 9.17) is 14.2 Å². The van der Waals surface area contributed by atoms with E-state index in [1.54, 1.807) is 41.5 Å². The molecular formula is C18H24O6. The third kappa shape index (κ3) is 6.02. The van der Waals surface area contributed by atoms with E-state index in [2.05, 4.69) is 0 Å². The molecule has 0 bridgehead atoms. The largest absolute Gasteiger partial charge is 0.459 e. The van der Waals surface area contributed by atoms with Crippen molar-refractivity contribution in [1.82, 2.24) is 0 Å². The zero-order chi connectivity index (χ0) is 18.4. The normalized spacial score (nSPS) is 10.9. The highest BCUT2D eigenvalue weighted by Gasteiger charge is 2.20.